The molecule has 0 radical (unpaired) electrons. The smallest absolute Gasteiger partial charge is 0.417 e. The highest BCUT2D eigenvalue weighted by atomic mass is 127. The molecule has 3 amide bonds. The highest BCUT2D eigenvalue weighted by molar-refractivity contribution is 5.90. The zero-order chi connectivity index (χ0) is 31.1. The third-order valence-corrected chi connectivity index (χ3v) is 8.65. The van der Waals surface area contributed by atoms with Gasteiger partial charge in [0.1, 0.15) is 25.8 Å². The molecule has 1 N–H and O–H groups in total. The first-order chi connectivity index (χ1) is 21.0. The molecule has 0 saturated heterocycles. The molecule has 1 fully saturated rings. The summed E-state index contributed by atoms with van der Waals surface area (Å²) in [5.41, 5.74) is 0.841. The summed E-state index contributed by atoms with van der Waals surface area (Å²) in [4.78, 5) is 39.1. The number of halogens is 1. The van der Waals surface area contributed by atoms with E-state index in [0.717, 1.165) is 55.7 Å². The zero-order valence-electron chi connectivity index (χ0n) is 27.8. The molecule has 0 aliphatic heterocycles. The third kappa shape index (κ3) is 17.0. The summed E-state index contributed by atoms with van der Waals surface area (Å²) in [6.45, 7) is 7.07. The number of pyridine rings is 1. The molecule has 1 unspecified atom stereocenters. The molecular formula is C35H60IN3O5. The number of aryl methyl sites for hydroxylation is 1. The quantitative estimate of drug-likeness (QED) is 0.100. The first kappa shape index (κ1) is 40.1. The van der Waals surface area contributed by atoms with Gasteiger partial charge in [-0.25, -0.2) is 19.1 Å². The summed E-state index contributed by atoms with van der Waals surface area (Å²) in [6, 6.07) is 5.70. The Morgan fingerprint density at radius 2 is 1.45 bits per heavy atom. The van der Waals surface area contributed by atoms with Crippen LogP contribution in [-0.4, -0.2) is 42.2 Å². The highest BCUT2D eigenvalue weighted by Gasteiger charge is 2.33. The van der Waals surface area contributed by atoms with E-state index in [0.29, 0.717) is 6.54 Å². The van der Waals surface area contributed by atoms with Gasteiger partial charge in [-0.1, -0.05) is 109 Å². The largest absolute Gasteiger partial charge is 1.00 e. The van der Waals surface area contributed by atoms with Crippen molar-refractivity contribution >= 4 is 18.1 Å². The maximum atomic E-state index is 13.1. The minimum Gasteiger partial charge on any atom is -1.00 e. The number of aromatic nitrogens is 1. The molecule has 1 aromatic rings. The molecule has 1 saturated carbocycles. The average Bonchev–Trinajstić information content (AvgIpc) is 3.55. The van der Waals surface area contributed by atoms with Crippen molar-refractivity contribution in [3.8, 4) is 0 Å². The van der Waals surface area contributed by atoms with Gasteiger partial charge in [-0.15, -0.1) is 0 Å². The number of ether oxygens (including phenoxy) is 2. The minimum atomic E-state index is -0.692. The molecule has 44 heavy (non-hydrogen) atoms. The van der Waals surface area contributed by atoms with Gasteiger partial charge in [-0.3, -0.25) is 4.79 Å². The number of carbonyl (C=O) groups excluding carboxylic acids is 3. The molecule has 0 bridgehead atoms. The van der Waals surface area contributed by atoms with Crippen LogP contribution in [0.4, 0.5) is 9.59 Å². The lowest BCUT2D eigenvalue weighted by Crippen LogP contribution is -3.00. The zero-order valence-corrected chi connectivity index (χ0v) is 30.0. The number of imide groups is 1. The van der Waals surface area contributed by atoms with Crippen molar-refractivity contribution in [2.24, 2.45) is 5.92 Å². The van der Waals surface area contributed by atoms with Gasteiger partial charge < -0.3 is 38.8 Å². The Labute approximate surface area is 284 Å². The summed E-state index contributed by atoms with van der Waals surface area (Å²) in [5, 5.41) is 2.84. The fourth-order valence-corrected chi connectivity index (χ4v) is 5.94. The number of carbonyl (C=O) groups is 3. The summed E-state index contributed by atoms with van der Waals surface area (Å²) in [7, 11) is 0. The van der Waals surface area contributed by atoms with E-state index in [1.807, 2.05) is 35.9 Å². The van der Waals surface area contributed by atoms with E-state index >= 15 is 0 Å². The Hall–Kier alpha value is -1.91. The van der Waals surface area contributed by atoms with Crippen molar-refractivity contribution in [2.75, 3.05) is 13.2 Å². The molecule has 1 heterocycles. The Morgan fingerprint density at radius 1 is 0.886 bits per heavy atom. The van der Waals surface area contributed by atoms with Crippen LogP contribution in [0.3, 0.4) is 0 Å². The van der Waals surface area contributed by atoms with Crippen LogP contribution in [0.25, 0.3) is 0 Å². The van der Waals surface area contributed by atoms with Crippen LogP contribution in [-0.2, 0) is 27.4 Å². The number of rotatable bonds is 22. The van der Waals surface area contributed by atoms with Crippen molar-refractivity contribution < 1.29 is 52.4 Å². The van der Waals surface area contributed by atoms with Gasteiger partial charge in [-0.2, -0.15) is 0 Å². The van der Waals surface area contributed by atoms with Crippen molar-refractivity contribution in [3.05, 3.63) is 30.1 Å². The van der Waals surface area contributed by atoms with Gasteiger partial charge >= 0.3 is 12.2 Å². The van der Waals surface area contributed by atoms with Gasteiger partial charge in [-0.05, 0) is 32.1 Å². The second-order valence-corrected chi connectivity index (χ2v) is 12.2. The minimum absolute atomic E-state index is 0. The Balaban J connectivity index is 0.00000968. The standard InChI is InChI=1S/C35H59N3O5.HI/c1-4-6-7-8-9-10-11-12-13-14-15-16-17-21-26-36-34(40)42-29-33(31-23-18-19-24-31)43-35(41)38(30(3)39)28-32-25-20-22-27-37(32)5-2;/h20,22,25,27,31,33H,4-19,21,23-24,26,28-29H2,1-3H3;1H. The second-order valence-electron chi connectivity index (χ2n) is 12.2. The topological polar surface area (TPSA) is 88.8 Å². The van der Waals surface area contributed by atoms with Gasteiger partial charge in [0.05, 0.1) is 0 Å². The molecule has 252 valence electrons. The van der Waals surface area contributed by atoms with Crippen LogP contribution >= 0.6 is 0 Å². The van der Waals surface area contributed by atoms with Crippen molar-refractivity contribution in [3.63, 3.8) is 0 Å². The lowest BCUT2D eigenvalue weighted by Gasteiger charge is -2.26. The fourth-order valence-electron chi connectivity index (χ4n) is 5.94. The average molecular weight is 730 g/mol. The third-order valence-electron chi connectivity index (χ3n) is 8.65. The van der Waals surface area contributed by atoms with Crippen LogP contribution in [0.5, 0.6) is 0 Å². The fraction of sp³-hybridized carbons (Fsp3) is 0.771. The maximum Gasteiger partial charge on any atom is 0.417 e. The van der Waals surface area contributed by atoms with Gasteiger partial charge in [0.25, 0.3) is 0 Å². The van der Waals surface area contributed by atoms with Gasteiger partial charge in [0.15, 0.2) is 6.20 Å². The molecule has 1 atom stereocenters. The van der Waals surface area contributed by atoms with E-state index in [-0.39, 0.29) is 49.0 Å². The Bertz CT molecular complexity index is 925. The number of amides is 3. The van der Waals surface area contributed by atoms with Crippen LogP contribution in [0, 0.1) is 5.92 Å². The predicted octanol–water partition coefficient (Wildman–Crippen LogP) is 5.25. The van der Waals surface area contributed by atoms with Crippen LogP contribution in [0.2, 0.25) is 0 Å². The Kier molecular flexibility index (Phi) is 23.1. The molecule has 1 aliphatic carbocycles. The Morgan fingerprint density at radius 3 is 2.00 bits per heavy atom. The molecule has 2 rings (SSSR count). The van der Waals surface area contributed by atoms with E-state index in [1.54, 1.807) is 0 Å². The number of nitrogens with zero attached hydrogens (tertiary/aromatic N) is 2. The highest BCUT2D eigenvalue weighted by Crippen LogP contribution is 2.30. The van der Waals surface area contributed by atoms with E-state index in [1.165, 1.54) is 84.0 Å². The van der Waals surface area contributed by atoms with Crippen LogP contribution < -0.4 is 33.9 Å². The first-order valence-corrected chi connectivity index (χ1v) is 17.3. The molecular weight excluding hydrogens is 669 g/mol. The number of unbranched alkanes of at least 4 members (excludes halogenated alkanes) is 13. The van der Waals surface area contributed by atoms with E-state index < -0.39 is 18.3 Å². The number of hydrogen-bond donors (Lipinski definition) is 1. The molecule has 0 aromatic carbocycles. The van der Waals surface area contributed by atoms with Gasteiger partial charge in [0, 0.05) is 25.6 Å². The lowest BCUT2D eigenvalue weighted by atomic mass is 10.0. The second kappa shape index (κ2) is 25.3. The monoisotopic (exact) mass is 729 g/mol. The van der Waals surface area contributed by atoms with Crippen molar-refractivity contribution in [1.29, 1.82) is 0 Å². The molecule has 1 aromatic heterocycles. The van der Waals surface area contributed by atoms with Gasteiger partial charge in [0.2, 0.25) is 11.6 Å². The van der Waals surface area contributed by atoms with Crippen LogP contribution in [0.15, 0.2) is 24.4 Å². The summed E-state index contributed by atoms with van der Waals surface area (Å²) in [6.07, 6.45) is 22.3. The van der Waals surface area contributed by atoms with E-state index in [4.69, 9.17) is 9.47 Å². The SMILES string of the molecule is CCCCCCCCCCCCCCCCNC(=O)OCC(OC(=O)N(Cc1cccc[n+]1CC)C(C)=O)C1CCCC1.[I-]. The first-order valence-electron chi connectivity index (χ1n) is 17.3. The normalized spacial score (nSPS) is 13.6. The molecule has 0 spiro atoms. The number of nitrogens with one attached hydrogen (secondary N) is 1. The van der Waals surface area contributed by atoms with E-state index in [9.17, 15) is 14.4 Å². The van der Waals surface area contributed by atoms with Crippen molar-refractivity contribution in [2.45, 2.75) is 156 Å². The molecule has 1 aliphatic rings. The van der Waals surface area contributed by atoms with Crippen molar-refractivity contribution in [1.82, 2.24) is 10.2 Å². The number of hydrogen-bond acceptors (Lipinski definition) is 5. The predicted molar refractivity (Wildman–Crippen MR) is 170 cm³/mol. The molecule has 9 heteroatoms. The summed E-state index contributed by atoms with van der Waals surface area (Å²) < 4.78 is 13.3. The molecule has 8 nitrogen and oxygen atoms in total. The van der Waals surface area contributed by atoms with Crippen LogP contribution in [0.1, 0.15) is 142 Å². The summed E-state index contributed by atoms with van der Waals surface area (Å²) in [5.74, 6) is -0.262. The maximum absolute atomic E-state index is 13.1. The van der Waals surface area contributed by atoms with E-state index in [2.05, 4.69) is 12.2 Å². The number of alkyl carbamates (subject to hydrolysis) is 1. The lowest BCUT2D eigenvalue weighted by molar-refractivity contribution is -0.701. The summed E-state index contributed by atoms with van der Waals surface area (Å²) >= 11 is 0.